The molecule has 0 fully saturated rings. The van der Waals surface area contributed by atoms with E-state index in [0.717, 1.165) is 12.8 Å². The number of nitrogens with zero attached hydrogens (tertiary/aromatic N) is 1. The highest BCUT2D eigenvalue weighted by atomic mass is 35.5. The van der Waals surface area contributed by atoms with E-state index in [1.54, 1.807) is 13.0 Å². The van der Waals surface area contributed by atoms with Crippen molar-refractivity contribution in [3.63, 3.8) is 0 Å². The summed E-state index contributed by atoms with van der Waals surface area (Å²) in [6, 6.07) is 0. The topological polar surface area (TPSA) is 29.5 Å². The zero-order valence-corrected chi connectivity index (χ0v) is 11.6. The third-order valence-electron chi connectivity index (χ3n) is 1.13. The molecule has 0 N–H and O–H groups in total. The minimum absolute atomic E-state index is 0. The maximum absolute atomic E-state index is 10.8. The van der Waals surface area contributed by atoms with Gasteiger partial charge in [-0.15, -0.1) is 19.0 Å². The van der Waals surface area contributed by atoms with Crippen molar-refractivity contribution in [2.75, 3.05) is 27.7 Å². The minimum atomic E-state index is -0.311. The van der Waals surface area contributed by atoms with Crippen molar-refractivity contribution in [2.45, 2.75) is 19.8 Å². The lowest BCUT2D eigenvalue weighted by atomic mass is 10.3. The van der Waals surface area contributed by atoms with Crippen LogP contribution in [0.1, 0.15) is 19.8 Å². The summed E-state index contributed by atoms with van der Waals surface area (Å²) in [6.07, 6.45) is 3.51. The van der Waals surface area contributed by atoms with Gasteiger partial charge in [-0.1, -0.05) is 12.7 Å². The second-order valence-corrected chi connectivity index (χ2v) is 3.69. The highest BCUT2D eigenvalue weighted by Crippen LogP contribution is 1.95. The van der Waals surface area contributed by atoms with Crippen molar-refractivity contribution >= 4 is 18.4 Å². The molecule has 0 unspecified atom stereocenters. The highest BCUT2D eigenvalue weighted by molar-refractivity contribution is 5.86. The molecule has 0 amide bonds. The van der Waals surface area contributed by atoms with Crippen molar-refractivity contribution in [2.24, 2.45) is 0 Å². The molecular formula is C12H24ClNO2. The van der Waals surface area contributed by atoms with Crippen LogP contribution in [-0.2, 0) is 9.53 Å². The van der Waals surface area contributed by atoms with Gasteiger partial charge in [-0.05, 0) is 40.9 Å². The summed E-state index contributed by atoms with van der Waals surface area (Å²) in [5.74, 6) is -0.311. The van der Waals surface area contributed by atoms with Crippen LogP contribution in [-0.4, -0.2) is 38.6 Å². The summed E-state index contributed by atoms with van der Waals surface area (Å²) in [5, 5.41) is 0. The molecule has 0 saturated carbocycles. The van der Waals surface area contributed by atoms with Crippen LogP contribution in [0, 0.1) is 0 Å². The molecule has 4 heteroatoms. The number of halogens is 1. The maximum Gasteiger partial charge on any atom is 0.333 e. The molecule has 0 atom stereocenters. The molecule has 0 aliphatic rings. The Morgan fingerprint density at radius 2 is 1.81 bits per heavy atom. The Hall–Kier alpha value is -0.800. The van der Waals surface area contributed by atoms with Gasteiger partial charge < -0.3 is 9.64 Å². The van der Waals surface area contributed by atoms with Gasteiger partial charge in [-0.25, -0.2) is 4.79 Å². The van der Waals surface area contributed by atoms with Gasteiger partial charge in [0.2, 0.25) is 0 Å². The molecule has 0 rings (SSSR count). The van der Waals surface area contributed by atoms with Gasteiger partial charge in [-0.2, -0.15) is 0 Å². The molecule has 96 valence electrons. The van der Waals surface area contributed by atoms with Crippen LogP contribution in [0.15, 0.2) is 24.8 Å². The molecule has 0 aromatic carbocycles. The molecule has 0 aliphatic carbocycles. The van der Waals surface area contributed by atoms with E-state index in [1.165, 1.54) is 0 Å². The third-order valence-corrected chi connectivity index (χ3v) is 1.13. The van der Waals surface area contributed by atoms with Gasteiger partial charge in [0.05, 0.1) is 6.61 Å². The number of allylic oxidation sites excluding steroid dienone is 1. The number of carbonyl (C=O) groups is 1. The Bertz CT molecular complexity index is 200. The van der Waals surface area contributed by atoms with E-state index in [9.17, 15) is 4.79 Å². The molecule has 0 bridgehead atoms. The Morgan fingerprint density at radius 3 is 2.12 bits per heavy atom. The molecule has 0 spiro atoms. The quantitative estimate of drug-likeness (QED) is 0.325. The summed E-state index contributed by atoms with van der Waals surface area (Å²) in [5.41, 5.74) is 0.448. The summed E-state index contributed by atoms with van der Waals surface area (Å²) in [4.78, 5) is 12.8. The first-order valence-electron chi connectivity index (χ1n) is 4.96. The lowest BCUT2D eigenvalue weighted by Gasteiger charge is -2.01. The van der Waals surface area contributed by atoms with E-state index in [-0.39, 0.29) is 18.4 Å². The number of unbranched alkanes of at least 4 members (excludes halogenated alkanes) is 1. The molecule has 0 aromatic heterocycles. The first-order chi connectivity index (χ1) is 6.91. The number of ether oxygens (including phenoxy) is 1. The Kier molecular flexibility index (Phi) is 18.3. The van der Waals surface area contributed by atoms with Crippen LogP contribution < -0.4 is 0 Å². The zero-order chi connectivity index (χ0) is 12.3. The van der Waals surface area contributed by atoms with E-state index in [4.69, 9.17) is 4.74 Å². The zero-order valence-electron chi connectivity index (χ0n) is 10.8. The fraction of sp³-hybridized carbons (Fsp3) is 0.583. The van der Waals surface area contributed by atoms with Crippen molar-refractivity contribution in [1.82, 2.24) is 4.90 Å². The van der Waals surface area contributed by atoms with Crippen LogP contribution in [0.3, 0.4) is 0 Å². The van der Waals surface area contributed by atoms with E-state index in [0.29, 0.717) is 12.2 Å². The normalized spacial score (nSPS) is 8.31. The Balaban J connectivity index is -0.000000292. The second-order valence-electron chi connectivity index (χ2n) is 3.69. The van der Waals surface area contributed by atoms with Gasteiger partial charge >= 0.3 is 5.97 Å². The number of hydrogen-bond acceptors (Lipinski definition) is 3. The predicted molar refractivity (Wildman–Crippen MR) is 72.1 cm³/mol. The van der Waals surface area contributed by atoms with Crippen LogP contribution in [0.2, 0.25) is 0 Å². The van der Waals surface area contributed by atoms with Gasteiger partial charge in [0, 0.05) is 5.57 Å². The molecular weight excluding hydrogens is 226 g/mol. The van der Waals surface area contributed by atoms with Crippen molar-refractivity contribution < 1.29 is 9.53 Å². The first-order valence-corrected chi connectivity index (χ1v) is 4.96. The third kappa shape index (κ3) is 23.2. The number of esters is 1. The lowest BCUT2D eigenvalue weighted by Crippen LogP contribution is -2.05. The molecule has 0 radical (unpaired) electrons. The fourth-order valence-corrected chi connectivity index (χ4v) is 0.516. The molecule has 16 heavy (non-hydrogen) atoms. The van der Waals surface area contributed by atoms with Crippen molar-refractivity contribution in [3.8, 4) is 0 Å². The van der Waals surface area contributed by atoms with Crippen molar-refractivity contribution in [1.29, 1.82) is 0 Å². The van der Waals surface area contributed by atoms with E-state index in [1.807, 2.05) is 26.0 Å². The number of rotatable bonds is 5. The van der Waals surface area contributed by atoms with Gasteiger partial charge in [0.25, 0.3) is 0 Å². The van der Waals surface area contributed by atoms with Gasteiger partial charge in [-0.3, -0.25) is 0 Å². The van der Waals surface area contributed by atoms with Gasteiger partial charge in [0.15, 0.2) is 0 Å². The average molecular weight is 250 g/mol. The molecule has 0 aromatic rings. The standard InChI is InChI=1S/C9H14O2.C3H9N.ClH/c1-4-5-6-7-11-9(10)8(2)3;1-4(2)3;/h4H,1-2,5-7H2,3H3;1-3H3;1H. The number of carbonyl (C=O) groups excluding carboxylic acids is 1. The molecule has 0 heterocycles. The molecule has 0 saturated heterocycles. The minimum Gasteiger partial charge on any atom is -0.462 e. The summed E-state index contributed by atoms with van der Waals surface area (Å²) >= 11 is 0. The van der Waals surface area contributed by atoms with E-state index < -0.39 is 0 Å². The largest absolute Gasteiger partial charge is 0.462 e. The van der Waals surface area contributed by atoms with Crippen molar-refractivity contribution in [3.05, 3.63) is 24.8 Å². The van der Waals surface area contributed by atoms with Crippen LogP contribution >= 0.6 is 12.4 Å². The lowest BCUT2D eigenvalue weighted by molar-refractivity contribution is -0.139. The smallest absolute Gasteiger partial charge is 0.333 e. The van der Waals surface area contributed by atoms with Crippen LogP contribution in [0.4, 0.5) is 0 Å². The van der Waals surface area contributed by atoms with Crippen LogP contribution in [0.25, 0.3) is 0 Å². The highest BCUT2D eigenvalue weighted by Gasteiger charge is 2.00. The number of hydrogen-bond donors (Lipinski definition) is 0. The van der Waals surface area contributed by atoms with Crippen LogP contribution in [0.5, 0.6) is 0 Å². The summed E-state index contributed by atoms with van der Waals surface area (Å²) in [7, 11) is 6.00. The monoisotopic (exact) mass is 249 g/mol. The van der Waals surface area contributed by atoms with E-state index in [2.05, 4.69) is 13.2 Å². The Labute approximate surface area is 106 Å². The summed E-state index contributed by atoms with van der Waals surface area (Å²) in [6.45, 7) is 9.10. The second kappa shape index (κ2) is 14.2. The van der Waals surface area contributed by atoms with Gasteiger partial charge in [0.1, 0.15) is 0 Å². The SMILES string of the molecule is C=CCCCOC(=O)C(=C)C.CN(C)C.Cl. The summed E-state index contributed by atoms with van der Waals surface area (Å²) < 4.78 is 4.82. The first kappa shape index (κ1) is 20.6. The molecule has 3 nitrogen and oxygen atoms in total. The van der Waals surface area contributed by atoms with E-state index >= 15 is 0 Å². The Morgan fingerprint density at radius 1 is 1.38 bits per heavy atom. The predicted octanol–water partition coefficient (Wildman–Crippen LogP) is 2.67. The fourth-order valence-electron chi connectivity index (χ4n) is 0.516. The molecule has 0 aliphatic heterocycles. The maximum atomic E-state index is 10.8. The average Bonchev–Trinajstić information content (AvgIpc) is 2.11.